The van der Waals surface area contributed by atoms with Gasteiger partial charge in [0.05, 0.1) is 23.9 Å². The Morgan fingerprint density at radius 2 is 2.00 bits per heavy atom. The summed E-state index contributed by atoms with van der Waals surface area (Å²) in [5, 5.41) is 2.75. The number of hydrogen-bond acceptors (Lipinski definition) is 4. The molecule has 0 bridgehead atoms. The van der Waals surface area contributed by atoms with Crippen LogP contribution in [0.1, 0.15) is 15.9 Å². The standard InChI is InChI=1S/C20H16ClFN2O3/c1-26-18-5-3-2-4-13(18)11-24-20(25)15-8-9-23-12-19(15)27-14-6-7-17(22)16(21)10-14/h2-10,12H,11H2,1H3,(H,24,25). The van der Waals surface area contributed by atoms with Gasteiger partial charge >= 0.3 is 0 Å². The maximum absolute atomic E-state index is 13.3. The van der Waals surface area contributed by atoms with Gasteiger partial charge in [0.15, 0.2) is 5.75 Å². The van der Waals surface area contributed by atoms with Crippen LogP contribution in [0.25, 0.3) is 0 Å². The highest BCUT2D eigenvalue weighted by atomic mass is 35.5. The van der Waals surface area contributed by atoms with Gasteiger partial charge in [0.25, 0.3) is 5.91 Å². The quantitative estimate of drug-likeness (QED) is 0.672. The molecule has 0 unspecified atom stereocenters. The molecule has 0 saturated carbocycles. The monoisotopic (exact) mass is 386 g/mol. The third-order valence-electron chi connectivity index (χ3n) is 3.78. The third-order valence-corrected chi connectivity index (χ3v) is 4.07. The molecule has 0 spiro atoms. The van der Waals surface area contributed by atoms with E-state index in [1.165, 1.54) is 36.7 Å². The Labute approximate surface area is 160 Å². The first-order valence-corrected chi connectivity index (χ1v) is 8.43. The van der Waals surface area contributed by atoms with Crippen LogP contribution in [0.5, 0.6) is 17.2 Å². The molecule has 3 rings (SSSR count). The molecule has 2 aromatic carbocycles. The van der Waals surface area contributed by atoms with Crippen molar-refractivity contribution < 1.29 is 18.7 Å². The van der Waals surface area contributed by atoms with Gasteiger partial charge in [0.1, 0.15) is 17.3 Å². The second-order valence-electron chi connectivity index (χ2n) is 5.54. The predicted octanol–water partition coefficient (Wildman–Crippen LogP) is 4.61. The molecule has 7 heteroatoms. The van der Waals surface area contributed by atoms with E-state index in [2.05, 4.69) is 10.3 Å². The van der Waals surface area contributed by atoms with Crippen molar-refractivity contribution in [3.63, 3.8) is 0 Å². The molecule has 0 radical (unpaired) electrons. The highest BCUT2D eigenvalue weighted by Crippen LogP contribution is 2.28. The lowest BCUT2D eigenvalue weighted by molar-refractivity contribution is 0.0948. The minimum Gasteiger partial charge on any atom is -0.496 e. The first-order chi connectivity index (χ1) is 13.1. The van der Waals surface area contributed by atoms with E-state index in [0.717, 1.165) is 5.56 Å². The second-order valence-corrected chi connectivity index (χ2v) is 5.95. The lowest BCUT2D eigenvalue weighted by Gasteiger charge is -2.12. The molecule has 0 aliphatic heterocycles. The Morgan fingerprint density at radius 1 is 1.19 bits per heavy atom. The average molecular weight is 387 g/mol. The molecule has 27 heavy (non-hydrogen) atoms. The van der Waals surface area contributed by atoms with Gasteiger partial charge in [0, 0.05) is 24.4 Å². The Morgan fingerprint density at radius 3 is 2.78 bits per heavy atom. The number of aromatic nitrogens is 1. The number of nitrogens with one attached hydrogen (secondary N) is 1. The van der Waals surface area contributed by atoms with Crippen molar-refractivity contribution >= 4 is 17.5 Å². The van der Waals surface area contributed by atoms with E-state index in [0.29, 0.717) is 17.1 Å². The number of hydrogen-bond donors (Lipinski definition) is 1. The summed E-state index contributed by atoms with van der Waals surface area (Å²) in [7, 11) is 1.57. The van der Waals surface area contributed by atoms with Gasteiger partial charge in [-0.25, -0.2) is 4.39 Å². The number of methoxy groups -OCH3 is 1. The van der Waals surface area contributed by atoms with E-state index < -0.39 is 5.82 Å². The lowest BCUT2D eigenvalue weighted by Crippen LogP contribution is -2.23. The van der Waals surface area contributed by atoms with Gasteiger partial charge in [-0.05, 0) is 24.3 Å². The lowest BCUT2D eigenvalue weighted by atomic mass is 10.2. The van der Waals surface area contributed by atoms with Crippen molar-refractivity contribution in [2.24, 2.45) is 0 Å². The SMILES string of the molecule is COc1ccccc1CNC(=O)c1ccncc1Oc1ccc(F)c(Cl)c1. The molecule has 1 heterocycles. The summed E-state index contributed by atoms with van der Waals surface area (Å²) < 4.78 is 24.2. The van der Waals surface area contributed by atoms with Crippen molar-refractivity contribution in [2.45, 2.75) is 6.54 Å². The highest BCUT2D eigenvalue weighted by molar-refractivity contribution is 6.30. The molecule has 0 saturated heterocycles. The van der Waals surface area contributed by atoms with Crippen molar-refractivity contribution in [2.75, 3.05) is 7.11 Å². The summed E-state index contributed by atoms with van der Waals surface area (Å²) >= 11 is 5.77. The van der Waals surface area contributed by atoms with E-state index in [9.17, 15) is 9.18 Å². The molecule has 138 valence electrons. The molecule has 0 atom stereocenters. The number of halogens is 2. The van der Waals surface area contributed by atoms with Crippen molar-refractivity contribution in [3.8, 4) is 17.2 Å². The highest BCUT2D eigenvalue weighted by Gasteiger charge is 2.14. The number of para-hydroxylation sites is 1. The fourth-order valence-electron chi connectivity index (χ4n) is 2.44. The zero-order valence-electron chi connectivity index (χ0n) is 14.4. The topological polar surface area (TPSA) is 60.5 Å². The van der Waals surface area contributed by atoms with Crippen molar-refractivity contribution in [1.29, 1.82) is 0 Å². The number of carbonyl (C=O) groups excluding carboxylic acids is 1. The van der Waals surface area contributed by atoms with Crippen LogP contribution < -0.4 is 14.8 Å². The number of pyridine rings is 1. The number of ether oxygens (including phenoxy) is 2. The van der Waals surface area contributed by atoms with Gasteiger partial charge in [-0.1, -0.05) is 29.8 Å². The summed E-state index contributed by atoms with van der Waals surface area (Å²) in [4.78, 5) is 16.6. The van der Waals surface area contributed by atoms with Crippen molar-refractivity contribution in [1.82, 2.24) is 10.3 Å². The van der Waals surface area contributed by atoms with Crippen LogP contribution in [0, 0.1) is 5.82 Å². The third kappa shape index (κ3) is 4.54. The molecule has 0 fully saturated rings. The molecular formula is C20H16ClFN2O3. The minimum atomic E-state index is -0.551. The van der Waals surface area contributed by atoms with Crippen LogP contribution in [-0.2, 0) is 6.54 Å². The molecule has 3 aromatic rings. The number of carbonyl (C=O) groups is 1. The molecule has 0 aliphatic rings. The van der Waals surface area contributed by atoms with Crippen LogP contribution in [0.4, 0.5) is 4.39 Å². The molecule has 1 N–H and O–H groups in total. The number of benzene rings is 2. The van der Waals surface area contributed by atoms with Crippen molar-refractivity contribution in [3.05, 3.63) is 82.9 Å². The normalized spacial score (nSPS) is 10.3. The largest absolute Gasteiger partial charge is 0.496 e. The number of rotatable bonds is 6. The molecule has 1 amide bonds. The maximum atomic E-state index is 13.3. The fraction of sp³-hybridized carbons (Fsp3) is 0.100. The molecule has 5 nitrogen and oxygen atoms in total. The predicted molar refractivity (Wildman–Crippen MR) is 99.9 cm³/mol. The Kier molecular flexibility index (Phi) is 5.88. The van der Waals surface area contributed by atoms with E-state index in [1.807, 2.05) is 24.3 Å². The Balaban J connectivity index is 1.76. The zero-order valence-corrected chi connectivity index (χ0v) is 15.2. The van der Waals surface area contributed by atoms with E-state index in [4.69, 9.17) is 21.1 Å². The maximum Gasteiger partial charge on any atom is 0.255 e. The molecule has 0 aliphatic carbocycles. The summed E-state index contributed by atoms with van der Waals surface area (Å²) in [6.45, 7) is 0.285. The minimum absolute atomic E-state index is 0.0708. The van der Waals surface area contributed by atoms with E-state index >= 15 is 0 Å². The first kappa shape index (κ1) is 18.7. The van der Waals surface area contributed by atoms with E-state index in [1.54, 1.807) is 7.11 Å². The van der Waals surface area contributed by atoms with Gasteiger partial charge in [-0.3, -0.25) is 9.78 Å². The van der Waals surface area contributed by atoms with Crippen LogP contribution in [0.15, 0.2) is 60.9 Å². The van der Waals surface area contributed by atoms with Crippen LogP contribution in [-0.4, -0.2) is 18.0 Å². The van der Waals surface area contributed by atoms with E-state index in [-0.39, 0.29) is 23.2 Å². The molecular weight excluding hydrogens is 371 g/mol. The average Bonchev–Trinajstić information content (AvgIpc) is 2.69. The Hall–Kier alpha value is -3.12. The summed E-state index contributed by atoms with van der Waals surface area (Å²) in [6.07, 6.45) is 2.90. The smallest absolute Gasteiger partial charge is 0.255 e. The second kappa shape index (κ2) is 8.51. The fourth-order valence-corrected chi connectivity index (χ4v) is 2.61. The summed E-state index contributed by atoms with van der Waals surface area (Å²) in [6, 6.07) is 12.9. The number of amides is 1. The zero-order chi connectivity index (χ0) is 19.2. The van der Waals surface area contributed by atoms with Gasteiger partial charge < -0.3 is 14.8 Å². The van der Waals surface area contributed by atoms with Crippen LogP contribution >= 0.6 is 11.6 Å². The van der Waals surface area contributed by atoms with Crippen LogP contribution in [0.2, 0.25) is 5.02 Å². The summed E-state index contributed by atoms with van der Waals surface area (Å²) in [5.74, 6) is 0.326. The Bertz CT molecular complexity index is 965. The van der Waals surface area contributed by atoms with Gasteiger partial charge in [-0.15, -0.1) is 0 Å². The van der Waals surface area contributed by atoms with Crippen LogP contribution in [0.3, 0.4) is 0 Å². The summed E-state index contributed by atoms with van der Waals surface area (Å²) in [5.41, 5.74) is 1.13. The number of nitrogens with zero attached hydrogens (tertiary/aromatic N) is 1. The molecule has 1 aromatic heterocycles. The first-order valence-electron chi connectivity index (χ1n) is 8.05. The van der Waals surface area contributed by atoms with Gasteiger partial charge in [0.2, 0.25) is 0 Å². The van der Waals surface area contributed by atoms with Gasteiger partial charge in [-0.2, -0.15) is 0 Å².